The molecule has 0 radical (unpaired) electrons. The lowest BCUT2D eigenvalue weighted by Gasteiger charge is -2.22. The van der Waals surface area contributed by atoms with E-state index in [2.05, 4.69) is 42.9 Å². The molecule has 0 spiro atoms. The van der Waals surface area contributed by atoms with E-state index in [1.807, 2.05) is 25.2 Å². The van der Waals surface area contributed by atoms with Crippen LogP contribution in [0.2, 0.25) is 0 Å². The monoisotopic (exact) mass is 818 g/mol. The Labute approximate surface area is 359 Å². The molecule has 0 aromatic carbocycles. The van der Waals surface area contributed by atoms with Crippen molar-refractivity contribution in [3.8, 4) is 6.19 Å². The molecular weight excluding hydrogens is 723 g/mol. The van der Waals surface area contributed by atoms with Crippen LogP contribution in [-0.4, -0.2) is 80.7 Å². The minimum atomic E-state index is -0.0371. The van der Waals surface area contributed by atoms with E-state index in [9.17, 15) is 9.59 Å². The van der Waals surface area contributed by atoms with Crippen molar-refractivity contribution in [1.82, 2.24) is 15.1 Å². The molecule has 0 aliphatic carbocycles. The van der Waals surface area contributed by atoms with E-state index in [0.29, 0.717) is 37.9 Å². The quantitative estimate of drug-likeness (QED) is 0.0162. The molecule has 0 aromatic rings. The van der Waals surface area contributed by atoms with Crippen LogP contribution >= 0.6 is 0 Å². The maximum absolute atomic E-state index is 12.8. The first-order valence-corrected chi connectivity index (χ1v) is 24.7. The van der Waals surface area contributed by atoms with Crippen molar-refractivity contribution in [2.75, 3.05) is 46.9 Å². The normalized spacial score (nSPS) is 12.7. The third-order valence-electron chi connectivity index (χ3n) is 11.3. The molecule has 0 bridgehead atoms. The highest BCUT2D eigenvalue weighted by atomic mass is 16.5. The van der Waals surface area contributed by atoms with Gasteiger partial charge in [0.25, 0.3) is 0 Å². The summed E-state index contributed by atoms with van der Waals surface area (Å²) < 4.78 is 11.6. The SMILES string of the molecule is CCCCCCCCC(CCCCCCC)OC(=O)CCCCCCCN(CCCCCCCC(=O)OCC(C)CCCCCCC)CCCN=C(NC#N)N(C)C. The van der Waals surface area contributed by atoms with E-state index in [4.69, 9.17) is 14.7 Å². The van der Waals surface area contributed by atoms with Crippen LogP contribution in [-0.2, 0) is 19.1 Å². The van der Waals surface area contributed by atoms with Crippen LogP contribution in [0.25, 0.3) is 0 Å². The van der Waals surface area contributed by atoms with Gasteiger partial charge in [0.15, 0.2) is 6.19 Å². The number of guanidine groups is 1. The zero-order valence-corrected chi connectivity index (χ0v) is 39.2. The number of esters is 2. The van der Waals surface area contributed by atoms with Gasteiger partial charge in [-0.1, -0.05) is 156 Å². The van der Waals surface area contributed by atoms with Gasteiger partial charge in [0.2, 0.25) is 5.96 Å². The highest BCUT2D eigenvalue weighted by Crippen LogP contribution is 2.19. The Balaban J connectivity index is 4.53. The number of hydrogen-bond acceptors (Lipinski definition) is 7. The van der Waals surface area contributed by atoms with Gasteiger partial charge in [-0.05, 0) is 89.8 Å². The highest BCUT2D eigenvalue weighted by molar-refractivity contribution is 5.80. The predicted octanol–water partition coefficient (Wildman–Crippen LogP) is 12.9. The minimum Gasteiger partial charge on any atom is -0.465 e. The molecule has 0 saturated carbocycles. The van der Waals surface area contributed by atoms with E-state index >= 15 is 0 Å². The number of nitrogens with one attached hydrogen (secondary N) is 1. The molecule has 0 aromatic heterocycles. The van der Waals surface area contributed by atoms with Crippen molar-refractivity contribution >= 4 is 17.9 Å². The molecule has 9 nitrogen and oxygen atoms in total. The van der Waals surface area contributed by atoms with Crippen LogP contribution in [0.3, 0.4) is 0 Å². The van der Waals surface area contributed by atoms with E-state index in [1.54, 1.807) is 0 Å². The summed E-state index contributed by atoms with van der Waals surface area (Å²) in [6.45, 7) is 13.3. The van der Waals surface area contributed by atoms with Gasteiger partial charge in [0.05, 0.1) is 6.61 Å². The lowest BCUT2D eigenvalue weighted by Crippen LogP contribution is -2.34. The van der Waals surface area contributed by atoms with Crippen molar-refractivity contribution in [3.63, 3.8) is 0 Å². The van der Waals surface area contributed by atoms with Crippen LogP contribution in [0.1, 0.15) is 233 Å². The fourth-order valence-corrected chi connectivity index (χ4v) is 7.55. The maximum atomic E-state index is 12.8. The maximum Gasteiger partial charge on any atom is 0.306 e. The molecule has 58 heavy (non-hydrogen) atoms. The van der Waals surface area contributed by atoms with Crippen molar-refractivity contribution in [2.45, 2.75) is 239 Å². The lowest BCUT2D eigenvalue weighted by molar-refractivity contribution is -0.150. The van der Waals surface area contributed by atoms with Crippen LogP contribution in [0.5, 0.6) is 0 Å². The van der Waals surface area contributed by atoms with Crippen LogP contribution in [0.4, 0.5) is 0 Å². The van der Waals surface area contributed by atoms with Gasteiger partial charge < -0.3 is 19.3 Å². The first-order valence-electron chi connectivity index (χ1n) is 24.7. The van der Waals surface area contributed by atoms with Gasteiger partial charge in [-0.3, -0.25) is 19.9 Å². The first-order chi connectivity index (χ1) is 28.3. The molecule has 0 heterocycles. The number of carbonyl (C=O) groups is 2. The summed E-state index contributed by atoms with van der Waals surface area (Å²) in [7, 11) is 3.78. The summed E-state index contributed by atoms with van der Waals surface area (Å²) in [5, 5.41) is 11.7. The average Bonchev–Trinajstić information content (AvgIpc) is 3.20. The number of aliphatic imine (C=N–C) groups is 1. The van der Waals surface area contributed by atoms with Gasteiger partial charge in [-0.15, -0.1) is 0 Å². The predicted molar refractivity (Wildman–Crippen MR) is 246 cm³/mol. The second-order valence-corrected chi connectivity index (χ2v) is 17.4. The second-order valence-electron chi connectivity index (χ2n) is 17.4. The van der Waals surface area contributed by atoms with Crippen molar-refractivity contribution in [2.24, 2.45) is 10.9 Å². The molecule has 0 aliphatic heterocycles. The van der Waals surface area contributed by atoms with Gasteiger partial charge in [-0.2, -0.15) is 5.26 Å². The van der Waals surface area contributed by atoms with Gasteiger partial charge in [0.1, 0.15) is 6.10 Å². The Bertz CT molecular complexity index is 1000. The molecular formula is C49H95N5O4. The van der Waals surface area contributed by atoms with Crippen LogP contribution < -0.4 is 5.32 Å². The van der Waals surface area contributed by atoms with E-state index < -0.39 is 0 Å². The Kier molecular flexibility index (Phi) is 41.0. The molecule has 1 N–H and O–H groups in total. The molecule has 2 unspecified atom stereocenters. The van der Waals surface area contributed by atoms with E-state index in [1.165, 1.54) is 116 Å². The Hall–Kier alpha value is -2.34. The molecule has 0 amide bonds. The molecule has 0 fully saturated rings. The van der Waals surface area contributed by atoms with Crippen molar-refractivity contribution in [1.29, 1.82) is 5.26 Å². The van der Waals surface area contributed by atoms with Crippen LogP contribution in [0, 0.1) is 17.4 Å². The largest absolute Gasteiger partial charge is 0.465 e. The summed E-state index contributed by atoms with van der Waals surface area (Å²) in [6.07, 6.45) is 38.6. The fourth-order valence-electron chi connectivity index (χ4n) is 7.55. The van der Waals surface area contributed by atoms with Crippen molar-refractivity contribution in [3.05, 3.63) is 0 Å². The summed E-state index contributed by atoms with van der Waals surface area (Å²) in [5.74, 6) is 1.02. The van der Waals surface area contributed by atoms with E-state index in [0.717, 1.165) is 96.7 Å². The minimum absolute atomic E-state index is 0.00846. The molecule has 340 valence electrons. The summed E-state index contributed by atoms with van der Waals surface area (Å²) in [5.41, 5.74) is 0. The van der Waals surface area contributed by atoms with Gasteiger partial charge in [-0.25, -0.2) is 0 Å². The zero-order valence-electron chi connectivity index (χ0n) is 39.2. The molecule has 0 saturated heterocycles. The van der Waals surface area contributed by atoms with Gasteiger partial charge >= 0.3 is 11.9 Å². The molecule has 0 rings (SSSR count). The molecule has 9 heteroatoms. The topological polar surface area (TPSA) is 107 Å². The number of ether oxygens (including phenoxy) is 2. The van der Waals surface area contributed by atoms with E-state index in [-0.39, 0.29) is 18.0 Å². The number of unbranched alkanes of at least 4 members (excludes halogenated alkanes) is 21. The number of rotatable bonds is 42. The number of hydrogen-bond donors (Lipinski definition) is 1. The Morgan fingerprint density at radius 1 is 0.586 bits per heavy atom. The van der Waals surface area contributed by atoms with Gasteiger partial charge in [0, 0.05) is 33.5 Å². The Morgan fingerprint density at radius 2 is 1.02 bits per heavy atom. The first kappa shape index (κ1) is 55.7. The smallest absolute Gasteiger partial charge is 0.306 e. The summed E-state index contributed by atoms with van der Waals surface area (Å²) in [4.78, 5) is 34.1. The summed E-state index contributed by atoms with van der Waals surface area (Å²) in [6, 6.07) is 0. The lowest BCUT2D eigenvalue weighted by atomic mass is 10.0. The average molecular weight is 818 g/mol. The third-order valence-corrected chi connectivity index (χ3v) is 11.3. The Morgan fingerprint density at radius 3 is 1.52 bits per heavy atom. The third kappa shape index (κ3) is 37.9. The molecule has 0 aliphatic rings. The summed E-state index contributed by atoms with van der Waals surface area (Å²) >= 11 is 0. The number of carbonyl (C=O) groups excluding carboxylic acids is 2. The zero-order chi connectivity index (χ0) is 42.7. The number of nitrogens with zero attached hydrogens (tertiary/aromatic N) is 4. The number of nitriles is 1. The van der Waals surface area contributed by atoms with Crippen molar-refractivity contribution < 1.29 is 19.1 Å². The van der Waals surface area contributed by atoms with Crippen LogP contribution in [0.15, 0.2) is 4.99 Å². The fraction of sp³-hybridized carbons (Fsp3) is 0.918. The standard InChI is InChI=1S/C49H95N5O4/c1-7-10-13-16-21-28-36-46(35-27-20-15-12-9-3)58-48(56)38-30-23-18-25-32-41-54(42-33-39-51-49(52-44-50)53(5)6)40-31-24-17-22-29-37-47(55)57-43-45(4)34-26-19-14-11-8-2/h45-46H,7-43H2,1-6H3,(H,51,52). The molecule has 2 atom stereocenters. The highest BCUT2D eigenvalue weighted by Gasteiger charge is 2.15. The second kappa shape index (κ2) is 42.8.